The number of nitrogens with zero attached hydrogens (tertiary/aromatic N) is 3. The minimum absolute atomic E-state index is 0.00846. The van der Waals surface area contributed by atoms with E-state index >= 15 is 0 Å². The van der Waals surface area contributed by atoms with Crippen molar-refractivity contribution in [3.05, 3.63) is 86.3 Å². The molecule has 0 aliphatic carbocycles. The lowest BCUT2D eigenvalue weighted by atomic mass is 9.92. The summed E-state index contributed by atoms with van der Waals surface area (Å²) in [6, 6.07) is 7.92. The van der Waals surface area contributed by atoms with Crippen LogP contribution in [0.5, 0.6) is 0 Å². The second kappa shape index (κ2) is 14.2. The van der Waals surface area contributed by atoms with Gasteiger partial charge >= 0.3 is 12.1 Å². The van der Waals surface area contributed by atoms with Gasteiger partial charge in [-0.3, -0.25) is 14.4 Å². The second-order valence-electron chi connectivity index (χ2n) is 12.3. The van der Waals surface area contributed by atoms with Crippen LogP contribution in [0.15, 0.2) is 52.9 Å². The van der Waals surface area contributed by atoms with E-state index in [2.05, 4.69) is 10.3 Å². The summed E-state index contributed by atoms with van der Waals surface area (Å²) in [5.41, 5.74) is 4.67. The first-order valence-electron chi connectivity index (χ1n) is 15.0. The summed E-state index contributed by atoms with van der Waals surface area (Å²) in [4.78, 5) is 45.5. The summed E-state index contributed by atoms with van der Waals surface area (Å²) in [5.74, 6) is -1.93. The number of nitrogens with one attached hydrogen (secondary N) is 1. The van der Waals surface area contributed by atoms with Gasteiger partial charge in [0.25, 0.3) is 5.56 Å². The number of halogens is 3. The van der Waals surface area contributed by atoms with Crippen molar-refractivity contribution in [3.8, 4) is 11.1 Å². The number of amides is 1. The number of carbonyl (C=O) groups excluding carboxylic acids is 1. The number of rotatable bonds is 12. The van der Waals surface area contributed by atoms with Gasteiger partial charge in [-0.15, -0.1) is 11.3 Å². The van der Waals surface area contributed by atoms with Gasteiger partial charge in [-0.1, -0.05) is 32.0 Å². The number of hydrogen-bond donors (Lipinski definition) is 2. The van der Waals surface area contributed by atoms with Gasteiger partial charge in [-0.2, -0.15) is 13.2 Å². The number of hydrogen-bond acceptors (Lipinski definition) is 6. The van der Waals surface area contributed by atoms with Crippen LogP contribution in [-0.2, 0) is 22.2 Å². The van der Waals surface area contributed by atoms with E-state index < -0.39 is 47.7 Å². The van der Waals surface area contributed by atoms with E-state index in [4.69, 9.17) is 0 Å². The van der Waals surface area contributed by atoms with Crippen LogP contribution in [0.25, 0.3) is 21.3 Å². The molecule has 2 aromatic heterocycles. The lowest BCUT2D eigenvalue weighted by molar-refractivity contribution is -0.139. The van der Waals surface area contributed by atoms with E-state index in [1.807, 2.05) is 52.0 Å². The highest BCUT2D eigenvalue weighted by Gasteiger charge is 2.36. The minimum Gasteiger partial charge on any atom is -0.481 e. The summed E-state index contributed by atoms with van der Waals surface area (Å²) < 4.78 is 43.8. The van der Waals surface area contributed by atoms with Crippen LogP contribution in [0.1, 0.15) is 66.6 Å². The van der Waals surface area contributed by atoms with E-state index in [0.717, 1.165) is 37.7 Å². The molecule has 12 heteroatoms. The van der Waals surface area contributed by atoms with Crippen LogP contribution in [0.4, 0.5) is 13.2 Å². The fourth-order valence-corrected chi connectivity index (χ4v) is 6.54. The Hall–Kier alpha value is -4.03. The molecule has 0 unspecified atom stereocenters. The summed E-state index contributed by atoms with van der Waals surface area (Å²) >= 11 is 1.46. The maximum atomic E-state index is 14.0. The molecule has 246 valence electrons. The molecular formula is C34H39F3N4O4S. The number of carboxylic acid groups (broad SMARTS) is 1. The van der Waals surface area contributed by atoms with Crippen LogP contribution in [0, 0.1) is 19.8 Å². The average Bonchev–Trinajstić information content (AvgIpc) is 3.43. The molecule has 0 spiro atoms. The molecule has 8 nitrogen and oxygen atoms in total. The Kier molecular flexibility index (Phi) is 10.7. The summed E-state index contributed by atoms with van der Waals surface area (Å²) in [6.45, 7) is 7.95. The molecule has 2 N–H and O–H groups in total. The van der Waals surface area contributed by atoms with E-state index in [0.29, 0.717) is 23.7 Å². The Morgan fingerprint density at radius 1 is 1.11 bits per heavy atom. The van der Waals surface area contributed by atoms with Crippen molar-refractivity contribution in [2.24, 2.45) is 5.92 Å². The molecule has 4 aromatic rings. The van der Waals surface area contributed by atoms with Crippen molar-refractivity contribution in [1.82, 2.24) is 19.8 Å². The third-order valence-electron chi connectivity index (χ3n) is 7.93. The van der Waals surface area contributed by atoms with Gasteiger partial charge in [0, 0.05) is 24.4 Å². The molecule has 0 aliphatic rings. The van der Waals surface area contributed by atoms with Crippen LogP contribution < -0.4 is 10.9 Å². The zero-order chi connectivity index (χ0) is 33.9. The van der Waals surface area contributed by atoms with Crippen LogP contribution in [0.3, 0.4) is 0 Å². The van der Waals surface area contributed by atoms with E-state index in [1.165, 1.54) is 11.3 Å². The topological polar surface area (TPSA) is 105 Å². The van der Waals surface area contributed by atoms with Gasteiger partial charge in [0.05, 0.1) is 33.8 Å². The maximum absolute atomic E-state index is 14.0. The monoisotopic (exact) mass is 656 g/mol. The Bertz CT molecular complexity index is 1780. The molecule has 4 rings (SSSR count). The fourth-order valence-electron chi connectivity index (χ4n) is 5.75. The van der Waals surface area contributed by atoms with Gasteiger partial charge in [0.2, 0.25) is 5.91 Å². The second-order valence-corrected chi connectivity index (χ2v) is 13.2. The first kappa shape index (κ1) is 34.8. The molecule has 0 radical (unpaired) electrons. The molecule has 0 bridgehead atoms. The predicted molar refractivity (Wildman–Crippen MR) is 174 cm³/mol. The Morgan fingerprint density at radius 3 is 2.37 bits per heavy atom. The lowest BCUT2D eigenvalue weighted by Gasteiger charge is -2.26. The number of carbonyl (C=O) groups is 2. The third kappa shape index (κ3) is 8.03. The molecule has 2 heterocycles. The van der Waals surface area contributed by atoms with Gasteiger partial charge in [0.1, 0.15) is 6.04 Å². The zero-order valence-corrected chi connectivity index (χ0v) is 27.6. The summed E-state index contributed by atoms with van der Waals surface area (Å²) in [7, 11) is 3.46. The molecular weight excluding hydrogens is 617 g/mol. The number of aliphatic carboxylic acids is 1. The number of carboxylic acids is 1. The van der Waals surface area contributed by atoms with E-state index in [1.54, 1.807) is 30.6 Å². The van der Waals surface area contributed by atoms with Gasteiger partial charge < -0.3 is 19.9 Å². The number of aromatic nitrogens is 2. The Morgan fingerprint density at radius 2 is 1.78 bits per heavy atom. The summed E-state index contributed by atoms with van der Waals surface area (Å²) in [6.07, 6.45) is -3.92. The number of alkyl halides is 3. The quantitative estimate of drug-likeness (QED) is 0.174. The first-order chi connectivity index (χ1) is 21.6. The van der Waals surface area contributed by atoms with Crippen molar-refractivity contribution in [1.29, 1.82) is 0 Å². The lowest BCUT2D eigenvalue weighted by Crippen LogP contribution is -2.40. The standard InChI is InChI=1S/C34H39F3N4O4S/c1-19(2)12-28(41-17-22(10-11-40(5)6)25(15-29(41)42)34(35,36)37)33(45)39-26(16-30(43)44)23-13-24(32-27(14-23)38-18-46-32)31-20(3)8-7-9-21(31)4/h7-9,13-15,17-19,26,28H,10-12,16H2,1-6H3,(H,39,45)(H,43,44)/t26-,28+/m0/s1. The van der Waals surface area contributed by atoms with E-state index in [9.17, 15) is 32.7 Å². The number of thiazole rings is 1. The highest BCUT2D eigenvalue weighted by atomic mass is 32.1. The molecule has 0 fully saturated rings. The molecule has 1 amide bonds. The number of fused-ring (bicyclic) bond motifs is 1. The normalized spacial score (nSPS) is 13.4. The fraction of sp³-hybridized carbons (Fsp3) is 0.412. The van der Waals surface area contributed by atoms with Gasteiger partial charge in [-0.25, -0.2) is 4.98 Å². The van der Waals surface area contributed by atoms with Crippen LogP contribution >= 0.6 is 11.3 Å². The number of benzene rings is 2. The Balaban J connectivity index is 1.81. The molecule has 46 heavy (non-hydrogen) atoms. The first-order valence-corrected chi connectivity index (χ1v) is 15.9. The zero-order valence-electron chi connectivity index (χ0n) is 26.7. The third-order valence-corrected chi connectivity index (χ3v) is 8.81. The number of pyridine rings is 1. The number of likely N-dealkylation sites (N-methyl/N-ethyl adjacent to an activating group) is 1. The SMILES string of the molecule is Cc1cccc(C)c1-c1cc([C@H](CC(=O)O)NC(=O)[C@@H](CC(C)C)n2cc(CCN(C)C)c(C(F)(F)F)cc2=O)cc2ncsc12. The maximum Gasteiger partial charge on any atom is 0.416 e. The van der Waals surface area contributed by atoms with Gasteiger partial charge in [0.15, 0.2) is 0 Å². The van der Waals surface area contributed by atoms with Gasteiger partial charge in [-0.05, 0) is 86.7 Å². The van der Waals surface area contributed by atoms with Crippen LogP contribution in [-0.4, -0.2) is 52.1 Å². The Labute approximate surface area is 269 Å². The highest BCUT2D eigenvalue weighted by Crippen LogP contribution is 2.38. The van der Waals surface area contributed by atoms with Crippen molar-refractivity contribution < 1.29 is 27.9 Å². The highest BCUT2D eigenvalue weighted by molar-refractivity contribution is 7.17. The van der Waals surface area contributed by atoms with Crippen LogP contribution in [0.2, 0.25) is 0 Å². The molecule has 2 atom stereocenters. The van der Waals surface area contributed by atoms with Crippen molar-refractivity contribution in [2.75, 3.05) is 20.6 Å². The molecule has 0 saturated carbocycles. The van der Waals surface area contributed by atoms with Crippen molar-refractivity contribution in [3.63, 3.8) is 0 Å². The van der Waals surface area contributed by atoms with Crippen molar-refractivity contribution >= 4 is 33.4 Å². The minimum atomic E-state index is -4.75. The molecule has 2 aromatic carbocycles. The summed E-state index contributed by atoms with van der Waals surface area (Å²) in [5, 5.41) is 12.7. The molecule has 0 saturated heterocycles. The average molecular weight is 657 g/mol. The molecule has 0 aliphatic heterocycles. The van der Waals surface area contributed by atoms with E-state index in [-0.39, 0.29) is 24.3 Å². The largest absolute Gasteiger partial charge is 0.481 e. The number of aryl methyl sites for hydroxylation is 2. The van der Waals surface area contributed by atoms with Crippen molar-refractivity contribution in [2.45, 2.75) is 65.2 Å². The predicted octanol–water partition coefficient (Wildman–Crippen LogP) is 6.78. The smallest absolute Gasteiger partial charge is 0.416 e.